The van der Waals surface area contributed by atoms with E-state index in [4.69, 9.17) is 9.47 Å². The number of carbonyl (C=O) groups is 1. The van der Waals surface area contributed by atoms with E-state index < -0.39 is 0 Å². The van der Waals surface area contributed by atoms with E-state index in [-0.39, 0.29) is 24.0 Å². The molecule has 1 saturated carbocycles. The molecule has 1 amide bonds. The SMILES string of the molecule is COc1nccnc1OC1CCC(NC(=O)C(C)C)CC1. The van der Waals surface area contributed by atoms with Gasteiger partial charge in [-0.3, -0.25) is 4.79 Å². The first-order valence-corrected chi connectivity index (χ1v) is 7.42. The van der Waals surface area contributed by atoms with Gasteiger partial charge in [0, 0.05) is 24.4 Å². The summed E-state index contributed by atoms with van der Waals surface area (Å²) in [4.78, 5) is 19.9. The van der Waals surface area contributed by atoms with Crippen LogP contribution in [0.2, 0.25) is 0 Å². The summed E-state index contributed by atoms with van der Waals surface area (Å²) in [7, 11) is 1.55. The van der Waals surface area contributed by atoms with Crippen LogP contribution in [0.5, 0.6) is 11.8 Å². The Bertz CT molecular complexity index is 471. The van der Waals surface area contributed by atoms with E-state index in [1.807, 2.05) is 13.8 Å². The number of ether oxygens (including phenoxy) is 2. The Morgan fingerprint density at radius 1 is 1.19 bits per heavy atom. The van der Waals surface area contributed by atoms with Crippen LogP contribution < -0.4 is 14.8 Å². The number of aromatic nitrogens is 2. The van der Waals surface area contributed by atoms with E-state index >= 15 is 0 Å². The van der Waals surface area contributed by atoms with Crippen molar-refractivity contribution in [2.45, 2.75) is 51.7 Å². The molecular formula is C15H23N3O3. The van der Waals surface area contributed by atoms with Crippen molar-refractivity contribution in [3.63, 3.8) is 0 Å². The molecule has 1 aromatic heterocycles. The minimum Gasteiger partial charge on any atom is -0.477 e. The van der Waals surface area contributed by atoms with Gasteiger partial charge >= 0.3 is 0 Å². The molecule has 0 atom stereocenters. The van der Waals surface area contributed by atoms with Crippen LogP contribution in [0.3, 0.4) is 0 Å². The van der Waals surface area contributed by atoms with Gasteiger partial charge in [-0.05, 0) is 25.7 Å². The molecule has 0 unspecified atom stereocenters. The largest absolute Gasteiger partial charge is 0.477 e. The van der Waals surface area contributed by atoms with Gasteiger partial charge in [-0.1, -0.05) is 13.8 Å². The number of hydrogen-bond donors (Lipinski definition) is 1. The van der Waals surface area contributed by atoms with Crippen LogP contribution in [-0.4, -0.2) is 35.1 Å². The number of amides is 1. The van der Waals surface area contributed by atoms with E-state index in [9.17, 15) is 4.79 Å². The standard InChI is InChI=1S/C15H23N3O3/c1-10(2)13(19)18-11-4-6-12(7-5-11)21-15-14(20-3)16-8-9-17-15/h8-12H,4-7H2,1-3H3,(H,18,19). The molecule has 1 N–H and O–H groups in total. The summed E-state index contributed by atoms with van der Waals surface area (Å²) in [5, 5.41) is 3.08. The Labute approximate surface area is 125 Å². The number of nitrogens with one attached hydrogen (secondary N) is 1. The number of rotatable bonds is 5. The van der Waals surface area contributed by atoms with Crippen molar-refractivity contribution in [3.8, 4) is 11.8 Å². The third-order valence-corrected chi connectivity index (χ3v) is 3.65. The van der Waals surface area contributed by atoms with Gasteiger partial charge in [0.15, 0.2) is 0 Å². The van der Waals surface area contributed by atoms with Crippen molar-refractivity contribution in [3.05, 3.63) is 12.4 Å². The van der Waals surface area contributed by atoms with Crippen molar-refractivity contribution < 1.29 is 14.3 Å². The maximum atomic E-state index is 11.7. The van der Waals surface area contributed by atoms with Crippen LogP contribution >= 0.6 is 0 Å². The first kappa shape index (κ1) is 15.5. The molecule has 2 rings (SSSR count). The van der Waals surface area contributed by atoms with Crippen LogP contribution in [0, 0.1) is 5.92 Å². The predicted molar refractivity (Wildman–Crippen MR) is 78.2 cm³/mol. The quantitative estimate of drug-likeness (QED) is 0.898. The molecule has 1 aromatic rings. The summed E-state index contributed by atoms with van der Waals surface area (Å²) >= 11 is 0. The number of hydrogen-bond acceptors (Lipinski definition) is 5. The molecule has 0 saturated heterocycles. The molecule has 116 valence electrons. The normalized spacial score (nSPS) is 21.9. The highest BCUT2D eigenvalue weighted by Crippen LogP contribution is 2.27. The van der Waals surface area contributed by atoms with Crippen molar-refractivity contribution in [2.24, 2.45) is 5.92 Å². The fourth-order valence-corrected chi connectivity index (χ4v) is 2.38. The van der Waals surface area contributed by atoms with Crippen LogP contribution in [0.25, 0.3) is 0 Å². The van der Waals surface area contributed by atoms with E-state index in [0.29, 0.717) is 11.8 Å². The fourth-order valence-electron chi connectivity index (χ4n) is 2.38. The Balaban J connectivity index is 1.83. The van der Waals surface area contributed by atoms with Gasteiger partial charge in [0.2, 0.25) is 5.91 Å². The molecule has 1 heterocycles. The second kappa shape index (κ2) is 7.24. The summed E-state index contributed by atoms with van der Waals surface area (Å²) < 4.78 is 11.0. The van der Waals surface area contributed by atoms with Crippen molar-refractivity contribution in [1.29, 1.82) is 0 Å². The molecule has 21 heavy (non-hydrogen) atoms. The molecule has 0 spiro atoms. The Morgan fingerprint density at radius 2 is 1.81 bits per heavy atom. The van der Waals surface area contributed by atoms with Crippen molar-refractivity contribution >= 4 is 5.91 Å². The lowest BCUT2D eigenvalue weighted by Crippen LogP contribution is -2.41. The van der Waals surface area contributed by atoms with Gasteiger partial charge in [-0.2, -0.15) is 0 Å². The van der Waals surface area contributed by atoms with Gasteiger partial charge in [0.25, 0.3) is 11.8 Å². The Hall–Kier alpha value is -1.85. The van der Waals surface area contributed by atoms with E-state index in [1.165, 1.54) is 0 Å². The van der Waals surface area contributed by atoms with Crippen LogP contribution in [0.4, 0.5) is 0 Å². The third-order valence-electron chi connectivity index (χ3n) is 3.65. The summed E-state index contributed by atoms with van der Waals surface area (Å²) in [5.41, 5.74) is 0. The highest BCUT2D eigenvalue weighted by atomic mass is 16.5. The number of nitrogens with zero attached hydrogens (tertiary/aromatic N) is 2. The average molecular weight is 293 g/mol. The summed E-state index contributed by atoms with van der Waals surface area (Å²) in [6.45, 7) is 3.81. The summed E-state index contributed by atoms with van der Waals surface area (Å²) in [6.07, 6.45) is 6.89. The lowest BCUT2D eigenvalue weighted by Gasteiger charge is -2.29. The lowest BCUT2D eigenvalue weighted by atomic mass is 9.92. The van der Waals surface area contributed by atoms with Crippen LogP contribution in [-0.2, 0) is 4.79 Å². The first-order chi connectivity index (χ1) is 10.1. The van der Waals surface area contributed by atoms with E-state index in [2.05, 4.69) is 15.3 Å². The van der Waals surface area contributed by atoms with Crippen molar-refractivity contribution in [1.82, 2.24) is 15.3 Å². The van der Waals surface area contributed by atoms with Gasteiger partial charge in [-0.15, -0.1) is 0 Å². The molecule has 1 fully saturated rings. The van der Waals surface area contributed by atoms with Gasteiger partial charge in [-0.25, -0.2) is 9.97 Å². The highest BCUT2D eigenvalue weighted by Gasteiger charge is 2.25. The Morgan fingerprint density at radius 3 is 2.38 bits per heavy atom. The molecular weight excluding hydrogens is 270 g/mol. The van der Waals surface area contributed by atoms with E-state index in [1.54, 1.807) is 19.5 Å². The number of carbonyl (C=O) groups excluding carboxylic acids is 1. The van der Waals surface area contributed by atoms with Gasteiger partial charge < -0.3 is 14.8 Å². The summed E-state index contributed by atoms with van der Waals surface area (Å²) in [5.74, 6) is 1.00. The zero-order chi connectivity index (χ0) is 15.2. The number of methoxy groups -OCH3 is 1. The predicted octanol–water partition coefficient (Wildman–Crippen LogP) is 1.95. The molecule has 6 heteroatoms. The lowest BCUT2D eigenvalue weighted by molar-refractivity contribution is -0.125. The maximum Gasteiger partial charge on any atom is 0.278 e. The van der Waals surface area contributed by atoms with Crippen LogP contribution in [0.15, 0.2) is 12.4 Å². The maximum absolute atomic E-state index is 11.7. The monoisotopic (exact) mass is 293 g/mol. The molecule has 1 aliphatic rings. The van der Waals surface area contributed by atoms with E-state index in [0.717, 1.165) is 25.7 Å². The van der Waals surface area contributed by atoms with Gasteiger partial charge in [0.1, 0.15) is 6.10 Å². The zero-order valence-electron chi connectivity index (χ0n) is 12.8. The molecule has 1 aliphatic carbocycles. The highest BCUT2D eigenvalue weighted by molar-refractivity contribution is 5.78. The average Bonchev–Trinajstić information content (AvgIpc) is 2.49. The van der Waals surface area contributed by atoms with Gasteiger partial charge in [0.05, 0.1) is 7.11 Å². The molecule has 0 bridgehead atoms. The fraction of sp³-hybridized carbons (Fsp3) is 0.667. The Kier molecular flexibility index (Phi) is 5.36. The van der Waals surface area contributed by atoms with Crippen molar-refractivity contribution in [2.75, 3.05) is 7.11 Å². The molecule has 0 aromatic carbocycles. The topological polar surface area (TPSA) is 73.3 Å². The zero-order valence-corrected chi connectivity index (χ0v) is 12.8. The second-order valence-corrected chi connectivity index (χ2v) is 5.63. The molecule has 0 aliphatic heterocycles. The third kappa shape index (κ3) is 4.31. The second-order valence-electron chi connectivity index (χ2n) is 5.63. The van der Waals surface area contributed by atoms with Crippen LogP contribution in [0.1, 0.15) is 39.5 Å². The first-order valence-electron chi connectivity index (χ1n) is 7.42. The smallest absolute Gasteiger partial charge is 0.278 e. The minimum absolute atomic E-state index is 0.0304. The molecule has 0 radical (unpaired) electrons. The summed E-state index contributed by atoms with van der Waals surface area (Å²) in [6, 6.07) is 0.253. The molecule has 6 nitrogen and oxygen atoms in total. The minimum atomic E-state index is 0.0304.